The summed E-state index contributed by atoms with van der Waals surface area (Å²) in [5.41, 5.74) is 5.70. The molecular weight excluding hydrogens is 391 g/mol. The number of nitrogens with one attached hydrogen (secondary N) is 1. The third-order valence-corrected chi connectivity index (χ3v) is 5.17. The SMILES string of the molecule is COc1ncc(CCc2ccc(Cc3c[nH]c4ncc(C)cc34)c(Cl)n2)cc1F. The van der Waals surface area contributed by atoms with Crippen LogP contribution in [0, 0.1) is 12.7 Å². The molecule has 0 radical (unpaired) electrons. The second kappa shape index (κ2) is 8.17. The molecule has 4 rings (SSSR count). The van der Waals surface area contributed by atoms with Gasteiger partial charge >= 0.3 is 0 Å². The van der Waals surface area contributed by atoms with Crippen LogP contribution in [0.4, 0.5) is 4.39 Å². The van der Waals surface area contributed by atoms with Crippen molar-refractivity contribution in [3.8, 4) is 5.88 Å². The van der Waals surface area contributed by atoms with Crippen LogP contribution in [0.3, 0.4) is 0 Å². The zero-order valence-electron chi connectivity index (χ0n) is 16.2. The molecule has 0 aliphatic carbocycles. The highest BCUT2D eigenvalue weighted by atomic mass is 35.5. The van der Waals surface area contributed by atoms with Gasteiger partial charge < -0.3 is 9.72 Å². The van der Waals surface area contributed by atoms with Gasteiger partial charge in [0.15, 0.2) is 5.82 Å². The zero-order chi connectivity index (χ0) is 20.4. The van der Waals surface area contributed by atoms with Gasteiger partial charge in [0.1, 0.15) is 10.8 Å². The van der Waals surface area contributed by atoms with E-state index in [0.717, 1.165) is 39.0 Å². The predicted molar refractivity (Wildman–Crippen MR) is 111 cm³/mol. The van der Waals surface area contributed by atoms with Crippen molar-refractivity contribution in [1.82, 2.24) is 19.9 Å². The van der Waals surface area contributed by atoms with Crippen molar-refractivity contribution >= 4 is 22.6 Å². The number of nitrogens with zero attached hydrogens (tertiary/aromatic N) is 3. The quantitative estimate of drug-likeness (QED) is 0.462. The van der Waals surface area contributed by atoms with E-state index >= 15 is 0 Å². The Balaban J connectivity index is 1.47. The van der Waals surface area contributed by atoms with Gasteiger partial charge in [-0.05, 0) is 60.2 Å². The van der Waals surface area contributed by atoms with Gasteiger partial charge in [-0.15, -0.1) is 0 Å². The molecule has 0 aromatic carbocycles. The topological polar surface area (TPSA) is 63.7 Å². The number of rotatable bonds is 6. The lowest BCUT2D eigenvalue weighted by Gasteiger charge is -2.07. The lowest BCUT2D eigenvalue weighted by atomic mass is 10.0. The van der Waals surface area contributed by atoms with Crippen molar-refractivity contribution < 1.29 is 9.13 Å². The number of aryl methyl sites for hydroxylation is 3. The fourth-order valence-corrected chi connectivity index (χ4v) is 3.55. The van der Waals surface area contributed by atoms with Crippen molar-refractivity contribution in [2.45, 2.75) is 26.2 Å². The largest absolute Gasteiger partial charge is 0.479 e. The maximum atomic E-state index is 13.8. The molecule has 29 heavy (non-hydrogen) atoms. The summed E-state index contributed by atoms with van der Waals surface area (Å²) in [5, 5.41) is 1.58. The third-order valence-electron chi connectivity index (χ3n) is 4.85. The van der Waals surface area contributed by atoms with Crippen LogP contribution >= 0.6 is 11.6 Å². The molecule has 4 aromatic rings. The summed E-state index contributed by atoms with van der Waals surface area (Å²) in [5.74, 6) is -0.461. The van der Waals surface area contributed by atoms with Gasteiger partial charge in [-0.2, -0.15) is 0 Å². The molecule has 0 aliphatic rings. The van der Waals surface area contributed by atoms with Crippen LogP contribution in [-0.4, -0.2) is 27.0 Å². The predicted octanol–water partition coefficient (Wildman–Crippen LogP) is 4.84. The summed E-state index contributed by atoms with van der Waals surface area (Å²) in [6.45, 7) is 2.02. The fraction of sp³-hybridized carbons (Fsp3) is 0.227. The number of aromatic amines is 1. The maximum absolute atomic E-state index is 13.8. The summed E-state index contributed by atoms with van der Waals surface area (Å²) in [6, 6.07) is 7.52. The van der Waals surface area contributed by atoms with Crippen molar-refractivity contribution in [1.29, 1.82) is 0 Å². The molecular formula is C22H20ClFN4O. The average molecular weight is 411 g/mol. The van der Waals surface area contributed by atoms with E-state index in [4.69, 9.17) is 16.3 Å². The Kier molecular flexibility index (Phi) is 5.45. The monoisotopic (exact) mass is 410 g/mol. The van der Waals surface area contributed by atoms with Crippen molar-refractivity contribution in [3.05, 3.63) is 81.8 Å². The molecule has 0 spiro atoms. The first-order valence-electron chi connectivity index (χ1n) is 9.29. The zero-order valence-corrected chi connectivity index (χ0v) is 16.9. The van der Waals surface area contributed by atoms with Crippen LogP contribution in [0.2, 0.25) is 5.15 Å². The van der Waals surface area contributed by atoms with E-state index in [9.17, 15) is 4.39 Å². The van der Waals surface area contributed by atoms with Crippen LogP contribution in [0.1, 0.15) is 27.9 Å². The number of fused-ring (bicyclic) bond motifs is 1. The van der Waals surface area contributed by atoms with Gasteiger partial charge in [0.25, 0.3) is 0 Å². The molecule has 0 amide bonds. The van der Waals surface area contributed by atoms with Gasteiger partial charge in [0.2, 0.25) is 5.88 Å². The highest BCUT2D eigenvalue weighted by Gasteiger charge is 2.11. The van der Waals surface area contributed by atoms with Crippen LogP contribution in [0.5, 0.6) is 5.88 Å². The summed E-state index contributed by atoms with van der Waals surface area (Å²) in [6.07, 6.45) is 7.35. The van der Waals surface area contributed by atoms with E-state index in [1.807, 2.05) is 31.5 Å². The number of hydrogen-bond acceptors (Lipinski definition) is 4. The van der Waals surface area contributed by atoms with Crippen molar-refractivity contribution in [2.24, 2.45) is 0 Å². The molecule has 4 heterocycles. The molecule has 1 N–H and O–H groups in total. The highest BCUT2D eigenvalue weighted by Crippen LogP contribution is 2.24. The van der Waals surface area contributed by atoms with Crippen LogP contribution in [-0.2, 0) is 19.3 Å². The molecule has 4 aromatic heterocycles. The minimum absolute atomic E-state index is 0.00180. The standard InChI is InChI=1S/C22H20ClFN4O/c1-13-7-18-16(12-26-21(18)25-10-13)9-15-4-6-17(28-20(15)23)5-3-14-8-19(24)22(29-2)27-11-14/h4,6-8,10-12H,3,5,9H2,1-2H3,(H,25,26). The van der Waals surface area contributed by atoms with Gasteiger partial charge in [-0.1, -0.05) is 17.7 Å². The molecule has 148 valence electrons. The van der Waals surface area contributed by atoms with E-state index in [0.29, 0.717) is 24.4 Å². The lowest BCUT2D eigenvalue weighted by molar-refractivity contribution is 0.368. The highest BCUT2D eigenvalue weighted by molar-refractivity contribution is 6.30. The van der Waals surface area contributed by atoms with Gasteiger partial charge in [-0.25, -0.2) is 19.3 Å². The molecule has 5 nitrogen and oxygen atoms in total. The molecule has 0 aliphatic heterocycles. The molecule has 0 fully saturated rings. The molecule has 0 saturated carbocycles. The smallest absolute Gasteiger partial charge is 0.250 e. The second-order valence-corrected chi connectivity index (χ2v) is 7.34. The number of hydrogen-bond donors (Lipinski definition) is 1. The van der Waals surface area contributed by atoms with E-state index in [1.165, 1.54) is 13.2 Å². The lowest BCUT2D eigenvalue weighted by Crippen LogP contribution is -2.00. The summed E-state index contributed by atoms with van der Waals surface area (Å²) >= 11 is 6.45. The molecule has 0 atom stereocenters. The molecule has 0 bridgehead atoms. The van der Waals surface area contributed by atoms with Crippen LogP contribution in [0.15, 0.2) is 42.9 Å². The first-order valence-corrected chi connectivity index (χ1v) is 9.66. The molecule has 7 heteroatoms. The third kappa shape index (κ3) is 4.22. The minimum Gasteiger partial charge on any atom is -0.479 e. The molecule has 0 unspecified atom stereocenters. The van der Waals surface area contributed by atoms with E-state index in [1.54, 1.807) is 6.20 Å². The number of ether oxygens (including phenoxy) is 1. The average Bonchev–Trinajstić information content (AvgIpc) is 3.10. The van der Waals surface area contributed by atoms with Gasteiger partial charge in [-0.3, -0.25) is 0 Å². The van der Waals surface area contributed by atoms with Crippen molar-refractivity contribution in [3.63, 3.8) is 0 Å². The Labute approximate surface area is 173 Å². The van der Waals surface area contributed by atoms with Crippen LogP contribution in [0.25, 0.3) is 11.0 Å². The summed E-state index contributed by atoms with van der Waals surface area (Å²) in [4.78, 5) is 16.1. The Morgan fingerprint density at radius 3 is 2.72 bits per heavy atom. The fourth-order valence-electron chi connectivity index (χ4n) is 3.31. The number of H-pyrrole nitrogens is 1. The number of halogens is 2. The normalized spacial score (nSPS) is 11.2. The van der Waals surface area contributed by atoms with E-state index in [2.05, 4.69) is 26.0 Å². The summed E-state index contributed by atoms with van der Waals surface area (Å²) in [7, 11) is 1.40. The number of pyridine rings is 3. The Hall–Kier alpha value is -2.99. The van der Waals surface area contributed by atoms with Gasteiger partial charge in [0, 0.05) is 36.1 Å². The number of aromatic nitrogens is 4. The van der Waals surface area contributed by atoms with E-state index < -0.39 is 5.82 Å². The second-order valence-electron chi connectivity index (χ2n) is 6.99. The maximum Gasteiger partial charge on any atom is 0.250 e. The van der Waals surface area contributed by atoms with Crippen LogP contribution < -0.4 is 4.74 Å². The Morgan fingerprint density at radius 1 is 1.10 bits per heavy atom. The first-order chi connectivity index (χ1) is 14.0. The number of methoxy groups -OCH3 is 1. The minimum atomic E-state index is -0.463. The Bertz CT molecular complexity index is 1170. The molecule has 0 saturated heterocycles. The van der Waals surface area contributed by atoms with E-state index in [-0.39, 0.29) is 5.88 Å². The Morgan fingerprint density at radius 2 is 1.97 bits per heavy atom. The first kappa shape index (κ1) is 19.3. The van der Waals surface area contributed by atoms with Gasteiger partial charge in [0.05, 0.1) is 7.11 Å². The van der Waals surface area contributed by atoms with Crippen molar-refractivity contribution in [2.75, 3.05) is 7.11 Å². The summed E-state index contributed by atoms with van der Waals surface area (Å²) < 4.78 is 18.6.